The molecule has 0 fully saturated rings. The van der Waals surface area contributed by atoms with E-state index in [1.807, 2.05) is 6.92 Å². The van der Waals surface area contributed by atoms with Crippen molar-refractivity contribution in [2.45, 2.75) is 40.2 Å². The van der Waals surface area contributed by atoms with Gasteiger partial charge >= 0.3 is 0 Å². The van der Waals surface area contributed by atoms with E-state index >= 15 is 0 Å². The molecule has 0 rings (SSSR count). The van der Waals surface area contributed by atoms with Gasteiger partial charge in [-0.05, 0) is 25.2 Å². The molecule has 13 heavy (non-hydrogen) atoms. The Morgan fingerprint density at radius 3 is 1.92 bits per heavy atom. The van der Waals surface area contributed by atoms with Gasteiger partial charge in [-0.15, -0.1) is 0 Å². The fraction of sp³-hybridized carbons (Fsp3) is 1.00. The molecule has 0 aromatic heterocycles. The van der Waals surface area contributed by atoms with Gasteiger partial charge in [0.2, 0.25) is 0 Å². The Labute approximate surface area is 82.5 Å². The summed E-state index contributed by atoms with van der Waals surface area (Å²) in [5, 5.41) is 0. The maximum Gasteiger partial charge on any atom is 0.197 e. The van der Waals surface area contributed by atoms with Crippen molar-refractivity contribution in [2.75, 3.05) is 13.3 Å². The SMILES string of the molecule is CC(C)CC(C)C(C)OP(C)(C)=O. The van der Waals surface area contributed by atoms with E-state index in [4.69, 9.17) is 4.52 Å². The molecular weight excluding hydrogens is 183 g/mol. The second-order valence-corrected chi connectivity index (χ2v) is 7.38. The lowest BCUT2D eigenvalue weighted by Gasteiger charge is -2.23. The summed E-state index contributed by atoms with van der Waals surface area (Å²) in [6, 6.07) is 0. The van der Waals surface area contributed by atoms with Gasteiger partial charge in [0.25, 0.3) is 0 Å². The first-order valence-electron chi connectivity index (χ1n) is 4.95. The summed E-state index contributed by atoms with van der Waals surface area (Å²) in [6.07, 6.45) is 1.23. The molecule has 0 aliphatic rings. The van der Waals surface area contributed by atoms with Crippen molar-refractivity contribution in [2.24, 2.45) is 11.8 Å². The van der Waals surface area contributed by atoms with Gasteiger partial charge in [0.15, 0.2) is 7.37 Å². The third kappa shape index (κ3) is 7.28. The van der Waals surface area contributed by atoms with E-state index in [9.17, 15) is 4.57 Å². The summed E-state index contributed by atoms with van der Waals surface area (Å²) in [5.74, 6) is 1.15. The largest absolute Gasteiger partial charge is 0.325 e. The minimum Gasteiger partial charge on any atom is -0.325 e. The quantitative estimate of drug-likeness (QED) is 0.642. The molecule has 2 unspecified atom stereocenters. The minimum absolute atomic E-state index is 0.100. The zero-order chi connectivity index (χ0) is 10.6. The number of hydrogen-bond acceptors (Lipinski definition) is 2. The Morgan fingerprint density at radius 2 is 1.62 bits per heavy atom. The van der Waals surface area contributed by atoms with Gasteiger partial charge in [0.1, 0.15) is 0 Å². The fourth-order valence-corrected chi connectivity index (χ4v) is 2.45. The molecule has 0 saturated heterocycles. The summed E-state index contributed by atoms with van der Waals surface area (Å²) in [4.78, 5) is 0. The van der Waals surface area contributed by atoms with Crippen LogP contribution < -0.4 is 0 Å². The first kappa shape index (κ1) is 13.2. The van der Waals surface area contributed by atoms with Crippen molar-refractivity contribution in [3.63, 3.8) is 0 Å². The highest BCUT2D eigenvalue weighted by Gasteiger charge is 2.19. The first-order valence-corrected chi connectivity index (χ1v) is 7.47. The molecule has 2 nitrogen and oxygen atoms in total. The molecule has 0 N–H and O–H groups in total. The van der Waals surface area contributed by atoms with Gasteiger partial charge in [0, 0.05) is 13.3 Å². The normalized spacial score (nSPS) is 17.5. The van der Waals surface area contributed by atoms with Gasteiger partial charge < -0.3 is 4.52 Å². The Kier molecular flexibility index (Phi) is 5.24. The van der Waals surface area contributed by atoms with Gasteiger partial charge in [-0.2, -0.15) is 0 Å². The zero-order valence-electron chi connectivity index (χ0n) is 9.70. The van der Waals surface area contributed by atoms with Crippen LogP contribution in [-0.2, 0) is 9.09 Å². The predicted octanol–water partition coefficient (Wildman–Crippen LogP) is 3.61. The average Bonchev–Trinajstić information content (AvgIpc) is 1.81. The van der Waals surface area contributed by atoms with Crippen molar-refractivity contribution in [1.29, 1.82) is 0 Å². The van der Waals surface area contributed by atoms with Crippen LogP contribution in [0.4, 0.5) is 0 Å². The highest BCUT2D eigenvalue weighted by Crippen LogP contribution is 2.40. The molecule has 0 aromatic rings. The average molecular weight is 206 g/mol. The van der Waals surface area contributed by atoms with E-state index in [-0.39, 0.29) is 6.10 Å². The zero-order valence-corrected chi connectivity index (χ0v) is 10.6. The van der Waals surface area contributed by atoms with E-state index in [0.29, 0.717) is 11.8 Å². The molecule has 0 spiro atoms. The molecule has 2 atom stereocenters. The van der Waals surface area contributed by atoms with E-state index in [0.717, 1.165) is 6.42 Å². The van der Waals surface area contributed by atoms with E-state index in [1.165, 1.54) is 0 Å². The Hall–Kier alpha value is 0.190. The topological polar surface area (TPSA) is 26.3 Å². The lowest BCUT2D eigenvalue weighted by atomic mass is 9.95. The Balaban J connectivity index is 3.96. The van der Waals surface area contributed by atoms with Crippen LogP contribution in [-0.4, -0.2) is 19.4 Å². The third-order valence-corrected chi connectivity index (χ3v) is 2.90. The van der Waals surface area contributed by atoms with Crippen molar-refractivity contribution < 1.29 is 9.09 Å². The lowest BCUT2D eigenvalue weighted by molar-refractivity contribution is 0.152. The summed E-state index contributed by atoms with van der Waals surface area (Å²) < 4.78 is 16.8. The molecule has 0 radical (unpaired) electrons. The van der Waals surface area contributed by atoms with E-state index in [2.05, 4.69) is 20.8 Å². The Morgan fingerprint density at radius 1 is 1.15 bits per heavy atom. The maximum atomic E-state index is 11.4. The van der Waals surface area contributed by atoms with Gasteiger partial charge in [-0.25, -0.2) is 0 Å². The Bertz CT molecular complexity index is 183. The van der Waals surface area contributed by atoms with Crippen LogP contribution >= 0.6 is 7.37 Å². The highest BCUT2D eigenvalue weighted by atomic mass is 31.2. The maximum absolute atomic E-state index is 11.4. The molecule has 0 bridgehead atoms. The summed E-state index contributed by atoms with van der Waals surface area (Å²) >= 11 is 0. The molecule has 0 aliphatic carbocycles. The molecule has 0 heterocycles. The molecule has 0 saturated carbocycles. The molecule has 3 heteroatoms. The molecule has 80 valence electrons. The van der Waals surface area contributed by atoms with Crippen molar-refractivity contribution in [1.82, 2.24) is 0 Å². The summed E-state index contributed by atoms with van der Waals surface area (Å²) in [5.41, 5.74) is 0. The second-order valence-electron chi connectivity index (χ2n) is 4.67. The van der Waals surface area contributed by atoms with Gasteiger partial charge in [0.05, 0.1) is 6.10 Å². The van der Waals surface area contributed by atoms with Crippen LogP contribution in [0.25, 0.3) is 0 Å². The van der Waals surface area contributed by atoms with Crippen molar-refractivity contribution in [3.05, 3.63) is 0 Å². The standard InChI is InChI=1S/C10H23O2P/c1-8(2)7-9(3)10(4)12-13(5,6)11/h8-10H,7H2,1-6H3. The molecule has 0 aromatic carbocycles. The smallest absolute Gasteiger partial charge is 0.197 e. The van der Waals surface area contributed by atoms with Crippen LogP contribution in [0.15, 0.2) is 0 Å². The third-order valence-electron chi connectivity index (χ3n) is 2.06. The summed E-state index contributed by atoms with van der Waals surface area (Å²) in [6.45, 7) is 11.9. The molecular formula is C10H23O2P. The van der Waals surface area contributed by atoms with Crippen LogP contribution in [0.2, 0.25) is 0 Å². The van der Waals surface area contributed by atoms with Gasteiger partial charge in [-0.3, -0.25) is 4.57 Å². The van der Waals surface area contributed by atoms with Crippen molar-refractivity contribution >= 4 is 7.37 Å². The van der Waals surface area contributed by atoms with Crippen LogP contribution in [0, 0.1) is 11.8 Å². The number of hydrogen-bond donors (Lipinski definition) is 0. The minimum atomic E-state index is -2.32. The van der Waals surface area contributed by atoms with Crippen LogP contribution in [0.5, 0.6) is 0 Å². The highest BCUT2D eigenvalue weighted by molar-refractivity contribution is 7.57. The van der Waals surface area contributed by atoms with E-state index < -0.39 is 7.37 Å². The van der Waals surface area contributed by atoms with Gasteiger partial charge in [-0.1, -0.05) is 20.8 Å². The predicted molar refractivity (Wildman–Crippen MR) is 58.6 cm³/mol. The monoisotopic (exact) mass is 206 g/mol. The lowest BCUT2D eigenvalue weighted by Crippen LogP contribution is -2.18. The molecule has 0 amide bonds. The number of rotatable bonds is 5. The second kappa shape index (κ2) is 5.17. The van der Waals surface area contributed by atoms with E-state index in [1.54, 1.807) is 13.3 Å². The first-order chi connectivity index (χ1) is 5.72. The molecule has 0 aliphatic heterocycles. The van der Waals surface area contributed by atoms with Crippen LogP contribution in [0.1, 0.15) is 34.1 Å². The summed E-state index contributed by atoms with van der Waals surface area (Å²) in [7, 11) is -2.32. The van der Waals surface area contributed by atoms with Crippen molar-refractivity contribution in [3.8, 4) is 0 Å². The van der Waals surface area contributed by atoms with Crippen LogP contribution in [0.3, 0.4) is 0 Å². The fourth-order valence-electron chi connectivity index (χ4n) is 1.44.